The second-order valence-corrected chi connectivity index (χ2v) is 8.45. The Balaban J connectivity index is 1.47. The molecule has 0 spiro atoms. The zero-order chi connectivity index (χ0) is 18.6. The molecule has 2 aromatic rings. The molecule has 4 aliphatic carbocycles. The standard InChI is InChI=1S/C18H22N6O3/c1-10-2-14(23-27-10)21-16-15(24(25)26)17(20-9-19-16)22-18-6-11-3-12(7-18)5-13(4-11)8-18/h2,9,11-13H,3-8H2,1H3,(H2,19,20,21,22,23). The van der Waals surface area contributed by atoms with Crippen molar-refractivity contribution in [3.63, 3.8) is 0 Å². The van der Waals surface area contributed by atoms with E-state index in [1.165, 1.54) is 25.6 Å². The maximum absolute atomic E-state index is 11.8. The van der Waals surface area contributed by atoms with Crippen molar-refractivity contribution >= 4 is 23.1 Å². The van der Waals surface area contributed by atoms with Crippen LogP contribution in [-0.4, -0.2) is 25.6 Å². The van der Waals surface area contributed by atoms with Crippen LogP contribution in [0.1, 0.15) is 44.3 Å². The Morgan fingerprint density at radius 2 is 1.78 bits per heavy atom. The fourth-order valence-electron chi connectivity index (χ4n) is 5.80. The summed E-state index contributed by atoms with van der Waals surface area (Å²) in [5.41, 5.74) is -0.218. The van der Waals surface area contributed by atoms with Crippen LogP contribution in [0, 0.1) is 34.8 Å². The van der Waals surface area contributed by atoms with Crippen LogP contribution in [0.2, 0.25) is 0 Å². The Morgan fingerprint density at radius 3 is 2.33 bits per heavy atom. The summed E-state index contributed by atoms with van der Waals surface area (Å²) in [6.45, 7) is 1.76. The van der Waals surface area contributed by atoms with Crippen molar-refractivity contribution in [3.8, 4) is 0 Å². The molecule has 0 aliphatic heterocycles. The van der Waals surface area contributed by atoms with Crippen LogP contribution in [0.3, 0.4) is 0 Å². The second-order valence-electron chi connectivity index (χ2n) is 8.45. The number of aryl methyl sites for hydroxylation is 1. The molecule has 0 amide bonds. The lowest BCUT2D eigenvalue weighted by Crippen LogP contribution is -2.55. The Hall–Kier alpha value is -2.71. The van der Waals surface area contributed by atoms with E-state index in [9.17, 15) is 10.1 Å². The van der Waals surface area contributed by atoms with Gasteiger partial charge in [-0.2, -0.15) is 0 Å². The summed E-state index contributed by atoms with van der Waals surface area (Å²) in [5, 5.41) is 22.0. The van der Waals surface area contributed by atoms with Gasteiger partial charge >= 0.3 is 5.69 Å². The summed E-state index contributed by atoms with van der Waals surface area (Å²) in [6.07, 6.45) is 8.51. The normalized spacial score (nSPS) is 31.1. The highest BCUT2D eigenvalue weighted by Gasteiger charge is 2.51. The van der Waals surface area contributed by atoms with Crippen LogP contribution in [0.15, 0.2) is 16.9 Å². The summed E-state index contributed by atoms with van der Waals surface area (Å²) in [7, 11) is 0. The monoisotopic (exact) mass is 370 g/mol. The largest absolute Gasteiger partial charge is 0.360 e. The zero-order valence-corrected chi connectivity index (χ0v) is 15.1. The van der Waals surface area contributed by atoms with E-state index in [2.05, 4.69) is 25.8 Å². The maximum Gasteiger partial charge on any atom is 0.353 e. The average molecular weight is 370 g/mol. The lowest BCUT2D eigenvalue weighted by Gasteiger charge is -2.57. The number of hydrogen-bond donors (Lipinski definition) is 2. The van der Waals surface area contributed by atoms with Crippen molar-refractivity contribution in [1.82, 2.24) is 15.1 Å². The molecule has 6 rings (SSSR count). The molecule has 9 heteroatoms. The van der Waals surface area contributed by atoms with Gasteiger partial charge in [0.1, 0.15) is 12.1 Å². The number of anilines is 3. The third-order valence-corrected chi connectivity index (χ3v) is 6.30. The average Bonchev–Trinajstić information content (AvgIpc) is 2.98. The molecule has 4 fully saturated rings. The van der Waals surface area contributed by atoms with Gasteiger partial charge in [0.05, 0.1) is 4.92 Å². The van der Waals surface area contributed by atoms with Gasteiger partial charge in [0.25, 0.3) is 0 Å². The first-order chi connectivity index (χ1) is 13.0. The van der Waals surface area contributed by atoms with Gasteiger partial charge in [-0.05, 0) is 63.2 Å². The van der Waals surface area contributed by atoms with Crippen LogP contribution >= 0.6 is 0 Å². The maximum atomic E-state index is 11.8. The van der Waals surface area contributed by atoms with Gasteiger partial charge in [0, 0.05) is 11.6 Å². The Morgan fingerprint density at radius 1 is 1.15 bits per heavy atom. The minimum Gasteiger partial charge on any atom is -0.360 e. The van der Waals surface area contributed by atoms with E-state index in [0.717, 1.165) is 37.0 Å². The second kappa shape index (κ2) is 5.90. The Bertz CT molecular complexity index is 860. The summed E-state index contributed by atoms with van der Waals surface area (Å²) in [4.78, 5) is 19.7. The molecule has 9 nitrogen and oxygen atoms in total. The quantitative estimate of drug-likeness (QED) is 0.602. The molecule has 4 bridgehead atoms. The van der Waals surface area contributed by atoms with Gasteiger partial charge in [0.15, 0.2) is 5.82 Å². The third-order valence-electron chi connectivity index (χ3n) is 6.30. The van der Waals surface area contributed by atoms with Crippen LogP contribution in [-0.2, 0) is 0 Å². The first-order valence-corrected chi connectivity index (χ1v) is 9.47. The van der Waals surface area contributed by atoms with Crippen molar-refractivity contribution in [2.24, 2.45) is 17.8 Å². The predicted molar refractivity (Wildman–Crippen MR) is 97.7 cm³/mol. The van der Waals surface area contributed by atoms with Crippen molar-refractivity contribution in [1.29, 1.82) is 0 Å². The van der Waals surface area contributed by atoms with Gasteiger partial charge in [-0.15, -0.1) is 0 Å². The third kappa shape index (κ3) is 2.90. The van der Waals surface area contributed by atoms with E-state index in [-0.39, 0.29) is 17.0 Å². The van der Waals surface area contributed by atoms with E-state index in [1.54, 1.807) is 13.0 Å². The predicted octanol–water partition coefficient (Wildman–Crippen LogP) is 3.81. The van der Waals surface area contributed by atoms with Gasteiger partial charge in [-0.25, -0.2) is 9.97 Å². The zero-order valence-electron chi connectivity index (χ0n) is 15.1. The van der Waals surface area contributed by atoms with Crippen LogP contribution in [0.25, 0.3) is 0 Å². The highest BCUT2D eigenvalue weighted by Crippen LogP contribution is 2.57. The van der Waals surface area contributed by atoms with Gasteiger partial charge in [-0.1, -0.05) is 5.16 Å². The molecule has 2 N–H and O–H groups in total. The first-order valence-electron chi connectivity index (χ1n) is 9.47. The van der Waals surface area contributed by atoms with E-state index >= 15 is 0 Å². The Labute approximate surface area is 156 Å². The lowest BCUT2D eigenvalue weighted by atomic mass is 9.53. The number of aromatic nitrogens is 3. The van der Waals surface area contributed by atoms with Crippen molar-refractivity contribution in [3.05, 3.63) is 28.3 Å². The molecule has 27 heavy (non-hydrogen) atoms. The van der Waals surface area contributed by atoms with E-state index in [1.807, 2.05) is 0 Å². The molecule has 142 valence electrons. The van der Waals surface area contributed by atoms with Crippen LogP contribution < -0.4 is 10.6 Å². The topological polar surface area (TPSA) is 119 Å². The van der Waals surface area contributed by atoms with Crippen LogP contribution in [0.5, 0.6) is 0 Å². The molecule has 0 saturated heterocycles. The molecule has 0 aromatic carbocycles. The molecular weight excluding hydrogens is 348 g/mol. The number of nitrogens with zero attached hydrogens (tertiary/aromatic N) is 4. The number of rotatable bonds is 5. The molecule has 0 atom stereocenters. The van der Waals surface area contributed by atoms with Crippen molar-refractivity contribution in [2.75, 3.05) is 10.6 Å². The molecular formula is C18H22N6O3. The van der Waals surface area contributed by atoms with E-state index in [4.69, 9.17) is 4.52 Å². The van der Waals surface area contributed by atoms with Crippen LogP contribution in [0.4, 0.5) is 23.1 Å². The SMILES string of the molecule is Cc1cc(Nc2ncnc(NC34CC5CC(CC(C5)C3)C4)c2[N+](=O)[O-])no1. The van der Waals surface area contributed by atoms with Gasteiger partial charge < -0.3 is 15.2 Å². The number of nitro groups is 1. The summed E-state index contributed by atoms with van der Waals surface area (Å²) < 4.78 is 5.02. The molecule has 4 aliphatic rings. The van der Waals surface area contributed by atoms with E-state index in [0.29, 0.717) is 17.4 Å². The molecule has 4 saturated carbocycles. The number of hydrogen-bond acceptors (Lipinski definition) is 8. The fourth-order valence-corrected chi connectivity index (χ4v) is 5.80. The summed E-state index contributed by atoms with van der Waals surface area (Å²) >= 11 is 0. The Kier molecular flexibility index (Phi) is 3.60. The first kappa shape index (κ1) is 16.5. The molecule has 2 aromatic heterocycles. The van der Waals surface area contributed by atoms with E-state index < -0.39 is 4.92 Å². The smallest absolute Gasteiger partial charge is 0.353 e. The number of nitrogens with one attached hydrogen (secondary N) is 2. The van der Waals surface area contributed by atoms with Gasteiger partial charge in [-0.3, -0.25) is 10.1 Å². The summed E-state index contributed by atoms with van der Waals surface area (Å²) in [6, 6.07) is 1.66. The van der Waals surface area contributed by atoms with Crippen molar-refractivity contribution in [2.45, 2.75) is 51.0 Å². The highest BCUT2D eigenvalue weighted by molar-refractivity contribution is 5.73. The fraction of sp³-hybridized carbons (Fsp3) is 0.611. The highest BCUT2D eigenvalue weighted by atomic mass is 16.6. The van der Waals surface area contributed by atoms with Crippen molar-refractivity contribution < 1.29 is 9.45 Å². The van der Waals surface area contributed by atoms with Gasteiger partial charge in [0.2, 0.25) is 11.6 Å². The summed E-state index contributed by atoms with van der Waals surface area (Å²) in [5.74, 6) is 3.62. The lowest BCUT2D eigenvalue weighted by molar-refractivity contribution is -0.383. The minimum absolute atomic E-state index is 0.0738. The molecule has 0 unspecified atom stereocenters. The minimum atomic E-state index is -0.432. The molecule has 0 radical (unpaired) electrons. The molecule has 2 heterocycles.